The smallest absolute Gasteiger partial charge is 0.274 e. The van der Waals surface area contributed by atoms with Gasteiger partial charge in [-0.2, -0.15) is 0 Å². The Labute approximate surface area is 120 Å². The molecule has 0 saturated carbocycles. The van der Waals surface area contributed by atoms with Crippen molar-refractivity contribution in [2.24, 2.45) is 5.84 Å². The van der Waals surface area contributed by atoms with Crippen LogP contribution in [0, 0.1) is 17.0 Å². The zero-order chi connectivity index (χ0) is 15.4. The van der Waals surface area contributed by atoms with E-state index in [1.807, 2.05) is 0 Å². The first kappa shape index (κ1) is 14.4. The summed E-state index contributed by atoms with van der Waals surface area (Å²) < 4.78 is 0. The molecule has 0 spiro atoms. The van der Waals surface area contributed by atoms with Crippen molar-refractivity contribution in [3.8, 4) is 0 Å². The minimum atomic E-state index is -0.473. The number of amides is 1. The first-order chi connectivity index (χ1) is 10.0. The molecule has 21 heavy (non-hydrogen) atoms. The average Bonchev–Trinajstić information content (AvgIpc) is 2.47. The molecular weight excluding hydrogens is 274 g/mol. The summed E-state index contributed by atoms with van der Waals surface area (Å²) >= 11 is 0. The van der Waals surface area contributed by atoms with E-state index in [4.69, 9.17) is 5.84 Å². The summed E-state index contributed by atoms with van der Waals surface area (Å²) in [6.07, 6.45) is 0. The Morgan fingerprint density at radius 1 is 1.33 bits per heavy atom. The molecule has 0 bridgehead atoms. The van der Waals surface area contributed by atoms with Crippen LogP contribution in [0.25, 0.3) is 0 Å². The van der Waals surface area contributed by atoms with E-state index < -0.39 is 10.8 Å². The molecule has 0 aliphatic heterocycles. The number of rotatable bonds is 4. The summed E-state index contributed by atoms with van der Waals surface area (Å²) in [6.45, 7) is 1.60. The van der Waals surface area contributed by atoms with Crippen molar-refractivity contribution in [1.82, 2.24) is 4.98 Å². The summed E-state index contributed by atoms with van der Waals surface area (Å²) in [5.41, 5.74) is 3.45. The Balaban J connectivity index is 2.19. The van der Waals surface area contributed by atoms with Gasteiger partial charge in [0.25, 0.3) is 11.6 Å². The van der Waals surface area contributed by atoms with Crippen LogP contribution in [-0.2, 0) is 0 Å². The van der Waals surface area contributed by atoms with E-state index >= 15 is 0 Å². The fourth-order valence-electron chi connectivity index (χ4n) is 1.77. The van der Waals surface area contributed by atoms with Gasteiger partial charge in [-0.05, 0) is 31.2 Å². The lowest BCUT2D eigenvalue weighted by molar-refractivity contribution is -0.385. The van der Waals surface area contributed by atoms with Gasteiger partial charge in [0.2, 0.25) is 0 Å². The second kappa shape index (κ2) is 5.97. The van der Waals surface area contributed by atoms with Crippen molar-refractivity contribution in [3.63, 3.8) is 0 Å². The molecule has 1 heterocycles. The van der Waals surface area contributed by atoms with Crippen molar-refractivity contribution < 1.29 is 9.72 Å². The summed E-state index contributed by atoms with van der Waals surface area (Å²) in [7, 11) is 0. The highest BCUT2D eigenvalue weighted by atomic mass is 16.6. The molecule has 8 nitrogen and oxygen atoms in total. The van der Waals surface area contributed by atoms with E-state index in [2.05, 4.69) is 15.7 Å². The van der Waals surface area contributed by atoms with Crippen LogP contribution in [-0.4, -0.2) is 15.8 Å². The minimum absolute atomic E-state index is 0.000420. The number of nitrogen functional groups attached to an aromatic ring is 1. The van der Waals surface area contributed by atoms with Crippen molar-refractivity contribution >= 4 is 23.1 Å². The quantitative estimate of drug-likeness (QED) is 0.448. The number of aromatic nitrogens is 1. The number of hydrazine groups is 1. The van der Waals surface area contributed by atoms with Crippen molar-refractivity contribution in [2.75, 3.05) is 10.7 Å². The Hall–Kier alpha value is -3.00. The van der Waals surface area contributed by atoms with Crippen LogP contribution in [0.3, 0.4) is 0 Å². The van der Waals surface area contributed by atoms with E-state index in [-0.39, 0.29) is 11.4 Å². The molecule has 4 N–H and O–H groups in total. The van der Waals surface area contributed by atoms with Gasteiger partial charge in [0.15, 0.2) is 0 Å². The Bertz CT molecular complexity index is 702. The summed E-state index contributed by atoms with van der Waals surface area (Å²) in [5.74, 6) is 5.16. The Morgan fingerprint density at radius 2 is 2.10 bits per heavy atom. The van der Waals surface area contributed by atoms with Gasteiger partial charge in [-0.3, -0.25) is 14.9 Å². The molecule has 2 rings (SSSR count). The zero-order valence-corrected chi connectivity index (χ0v) is 11.2. The number of nitro groups is 1. The number of pyridine rings is 1. The van der Waals surface area contributed by atoms with Gasteiger partial charge in [-0.1, -0.05) is 6.07 Å². The van der Waals surface area contributed by atoms with Crippen LogP contribution in [0.4, 0.5) is 17.2 Å². The van der Waals surface area contributed by atoms with E-state index in [1.165, 1.54) is 24.3 Å². The molecule has 1 aromatic carbocycles. The van der Waals surface area contributed by atoms with Crippen molar-refractivity contribution in [3.05, 3.63) is 57.8 Å². The molecular formula is C13H13N5O3. The van der Waals surface area contributed by atoms with Gasteiger partial charge in [0.05, 0.1) is 4.92 Å². The minimum Gasteiger partial charge on any atom is -0.321 e. The maximum Gasteiger partial charge on any atom is 0.274 e. The molecule has 0 radical (unpaired) electrons. The molecule has 108 valence electrons. The third-order valence-electron chi connectivity index (χ3n) is 2.78. The fourth-order valence-corrected chi connectivity index (χ4v) is 1.77. The maximum atomic E-state index is 12.0. The largest absolute Gasteiger partial charge is 0.321 e. The Kier molecular flexibility index (Phi) is 4.10. The van der Waals surface area contributed by atoms with Crippen molar-refractivity contribution in [1.29, 1.82) is 0 Å². The number of hydrogen-bond donors (Lipinski definition) is 3. The number of carbonyl (C=O) groups excluding carboxylic acids is 1. The number of carbonyl (C=O) groups is 1. The molecule has 0 aliphatic carbocycles. The second-order valence-corrected chi connectivity index (χ2v) is 4.26. The maximum absolute atomic E-state index is 12.0. The van der Waals surface area contributed by atoms with Crippen molar-refractivity contribution in [2.45, 2.75) is 6.92 Å². The Morgan fingerprint density at radius 3 is 2.71 bits per heavy atom. The molecule has 1 aromatic heterocycles. The molecule has 2 aromatic rings. The summed E-state index contributed by atoms with van der Waals surface area (Å²) in [5, 5.41) is 13.4. The lowest BCUT2D eigenvalue weighted by Crippen LogP contribution is -2.16. The number of benzene rings is 1. The zero-order valence-electron chi connectivity index (χ0n) is 11.2. The second-order valence-electron chi connectivity index (χ2n) is 4.26. The first-order valence-electron chi connectivity index (χ1n) is 6.01. The number of nitrogens with one attached hydrogen (secondary N) is 2. The number of nitrogens with two attached hydrogens (primary N) is 1. The summed E-state index contributed by atoms with van der Waals surface area (Å²) in [6, 6.07) is 9.13. The van der Waals surface area contributed by atoms with Crippen LogP contribution < -0.4 is 16.6 Å². The lowest BCUT2D eigenvalue weighted by atomic mass is 10.2. The number of anilines is 2. The highest BCUT2D eigenvalue weighted by Gasteiger charge is 2.13. The SMILES string of the molecule is Cc1cc(NC(=O)c2cccc(NN)n2)ccc1[N+](=O)[O-]. The molecule has 0 saturated heterocycles. The topological polar surface area (TPSA) is 123 Å². The fraction of sp³-hybridized carbons (Fsp3) is 0.0769. The van der Waals surface area contributed by atoms with Gasteiger partial charge >= 0.3 is 0 Å². The number of nitrogens with zero attached hydrogens (tertiary/aromatic N) is 2. The number of aryl methyl sites for hydroxylation is 1. The van der Waals surface area contributed by atoms with Gasteiger partial charge < -0.3 is 10.7 Å². The van der Waals surface area contributed by atoms with E-state index in [9.17, 15) is 14.9 Å². The monoisotopic (exact) mass is 287 g/mol. The van der Waals surface area contributed by atoms with Crippen LogP contribution in [0.1, 0.15) is 16.1 Å². The third kappa shape index (κ3) is 3.31. The predicted molar refractivity (Wildman–Crippen MR) is 77.8 cm³/mol. The van der Waals surface area contributed by atoms with Crippen LogP contribution in [0.5, 0.6) is 0 Å². The number of hydrogen-bond acceptors (Lipinski definition) is 6. The van der Waals surface area contributed by atoms with Gasteiger partial charge in [0.1, 0.15) is 11.5 Å². The average molecular weight is 287 g/mol. The summed E-state index contributed by atoms with van der Waals surface area (Å²) in [4.78, 5) is 26.3. The van der Waals surface area contributed by atoms with E-state index in [0.717, 1.165) is 0 Å². The van der Waals surface area contributed by atoms with Crippen LogP contribution in [0.2, 0.25) is 0 Å². The van der Waals surface area contributed by atoms with Crippen LogP contribution in [0.15, 0.2) is 36.4 Å². The first-order valence-corrected chi connectivity index (χ1v) is 6.01. The standard InChI is InChI=1S/C13H13N5O3/c1-8-7-9(5-6-11(8)18(20)21)15-13(19)10-3-2-4-12(16-10)17-14/h2-7H,14H2,1H3,(H,15,19)(H,16,17). The number of nitro benzene ring substituents is 1. The van der Waals surface area contributed by atoms with Gasteiger partial charge in [-0.25, -0.2) is 10.8 Å². The molecule has 0 atom stereocenters. The highest BCUT2D eigenvalue weighted by molar-refractivity contribution is 6.03. The molecule has 1 amide bonds. The van der Waals surface area contributed by atoms with E-state index in [1.54, 1.807) is 19.1 Å². The van der Waals surface area contributed by atoms with Gasteiger partial charge in [0, 0.05) is 17.3 Å². The van der Waals surface area contributed by atoms with Crippen LogP contribution >= 0.6 is 0 Å². The molecule has 0 fully saturated rings. The highest BCUT2D eigenvalue weighted by Crippen LogP contribution is 2.21. The molecule has 0 unspecified atom stereocenters. The predicted octanol–water partition coefficient (Wildman–Crippen LogP) is 1.84. The normalized spacial score (nSPS) is 10.0. The molecule has 0 aliphatic rings. The molecule has 8 heteroatoms. The third-order valence-corrected chi connectivity index (χ3v) is 2.78. The van der Waals surface area contributed by atoms with Gasteiger partial charge in [-0.15, -0.1) is 0 Å². The van der Waals surface area contributed by atoms with E-state index in [0.29, 0.717) is 17.1 Å². The lowest BCUT2D eigenvalue weighted by Gasteiger charge is -2.07.